The summed E-state index contributed by atoms with van der Waals surface area (Å²) in [5.41, 5.74) is 3.65. The number of carbonyl (C=O) groups is 1. The van der Waals surface area contributed by atoms with Crippen LogP contribution in [0.2, 0.25) is 0 Å². The van der Waals surface area contributed by atoms with Crippen LogP contribution in [-0.4, -0.2) is 11.5 Å². The van der Waals surface area contributed by atoms with Crippen molar-refractivity contribution in [2.75, 3.05) is 0 Å². The standard InChI is InChI=1S/C20H23NO2/c1-13-9-10-15(14(2)11-13)19(22)21-17-12-20(3,4)23-18-8-6-5-7-16(17)18/h5-11,17H,12H2,1-4H3,(H,21,22)/t17-/m1/s1. The highest BCUT2D eigenvalue weighted by atomic mass is 16.5. The minimum absolute atomic E-state index is 0.0278. The molecule has 1 N–H and O–H groups in total. The molecule has 3 nitrogen and oxygen atoms in total. The molecule has 2 aromatic carbocycles. The second kappa shape index (κ2) is 5.73. The number of hydrogen-bond donors (Lipinski definition) is 1. The average Bonchev–Trinajstić information content (AvgIpc) is 2.45. The Balaban J connectivity index is 1.88. The highest BCUT2D eigenvalue weighted by Crippen LogP contribution is 2.39. The molecular weight excluding hydrogens is 286 g/mol. The fraction of sp³-hybridized carbons (Fsp3) is 0.350. The molecule has 0 fully saturated rings. The lowest BCUT2D eigenvalue weighted by Crippen LogP contribution is -2.41. The van der Waals surface area contributed by atoms with E-state index in [4.69, 9.17) is 4.74 Å². The molecule has 0 bridgehead atoms. The van der Waals surface area contributed by atoms with Crippen LogP contribution < -0.4 is 10.1 Å². The van der Waals surface area contributed by atoms with Gasteiger partial charge in [0.25, 0.3) is 5.91 Å². The van der Waals surface area contributed by atoms with Crippen molar-refractivity contribution in [2.24, 2.45) is 0 Å². The van der Waals surface area contributed by atoms with Crippen molar-refractivity contribution in [3.8, 4) is 5.75 Å². The molecule has 23 heavy (non-hydrogen) atoms. The fourth-order valence-electron chi connectivity index (χ4n) is 3.24. The van der Waals surface area contributed by atoms with E-state index in [0.29, 0.717) is 0 Å². The second-order valence-corrected chi connectivity index (χ2v) is 6.95. The number of para-hydroxylation sites is 1. The zero-order chi connectivity index (χ0) is 16.6. The molecule has 0 unspecified atom stereocenters. The van der Waals surface area contributed by atoms with Gasteiger partial charge in [-0.3, -0.25) is 4.79 Å². The molecule has 1 amide bonds. The normalized spacial score (nSPS) is 18.7. The van der Waals surface area contributed by atoms with Crippen LogP contribution in [-0.2, 0) is 0 Å². The number of rotatable bonds is 2. The van der Waals surface area contributed by atoms with E-state index < -0.39 is 0 Å². The van der Waals surface area contributed by atoms with E-state index in [-0.39, 0.29) is 17.6 Å². The molecule has 1 atom stereocenters. The Morgan fingerprint density at radius 3 is 2.65 bits per heavy atom. The highest BCUT2D eigenvalue weighted by molar-refractivity contribution is 5.96. The molecule has 0 radical (unpaired) electrons. The molecule has 0 saturated heterocycles. The van der Waals surface area contributed by atoms with Crippen molar-refractivity contribution >= 4 is 5.91 Å². The predicted octanol–water partition coefficient (Wildman–Crippen LogP) is 4.34. The first-order chi connectivity index (χ1) is 10.9. The lowest BCUT2D eigenvalue weighted by Gasteiger charge is -2.38. The predicted molar refractivity (Wildman–Crippen MR) is 91.9 cm³/mol. The summed E-state index contributed by atoms with van der Waals surface area (Å²) in [5, 5.41) is 3.19. The molecule has 3 heteroatoms. The Morgan fingerprint density at radius 2 is 1.91 bits per heavy atom. The monoisotopic (exact) mass is 309 g/mol. The van der Waals surface area contributed by atoms with Crippen LogP contribution in [0.4, 0.5) is 0 Å². The minimum atomic E-state index is -0.297. The van der Waals surface area contributed by atoms with Gasteiger partial charge in [0.2, 0.25) is 0 Å². The third-order valence-corrected chi connectivity index (χ3v) is 4.31. The molecule has 0 saturated carbocycles. The van der Waals surface area contributed by atoms with Gasteiger partial charge in [0.15, 0.2) is 0 Å². The van der Waals surface area contributed by atoms with Crippen molar-refractivity contribution in [3.63, 3.8) is 0 Å². The summed E-state index contributed by atoms with van der Waals surface area (Å²) in [6.45, 7) is 8.12. The SMILES string of the molecule is Cc1ccc(C(=O)N[C@@H]2CC(C)(C)Oc3ccccc32)c(C)c1. The maximum absolute atomic E-state index is 12.7. The van der Waals surface area contributed by atoms with E-state index in [9.17, 15) is 4.79 Å². The molecule has 120 valence electrons. The maximum Gasteiger partial charge on any atom is 0.252 e. The number of carbonyl (C=O) groups excluding carboxylic acids is 1. The van der Waals surface area contributed by atoms with Crippen molar-refractivity contribution in [1.29, 1.82) is 0 Å². The number of hydrogen-bond acceptors (Lipinski definition) is 2. The Hall–Kier alpha value is -2.29. The van der Waals surface area contributed by atoms with E-state index in [2.05, 4.69) is 19.2 Å². The molecule has 0 spiro atoms. The van der Waals surface area contributed by atoms with Crippen molar-refractivity contribution in [3.05, 3.63) is 64.7 Å². The topological polar surface area (TPSA) is 38.3 Å². The van der Waals surface area contributed by atoms with Gasteiger partial charge >= 0.3 is 0 Å². The molecule has 3 rings (SSSR count). The Bertz CT molecular complexity index is 749. The fourth-order valence-corrected chi connectivity index (χ4v) is 3.24. The molecule has 1 heterocycles. The van der Waals surface area contributed by atoms with Gasteiger partial charge < -0.3 is 10.1 Å². The zero-order valence-electron chi connectivity index (χ0n) is 14.1. The number of fused-ring (bicyclic) bond motifs is 1. The van der Waals surface area contributed by atoms with Gasteiger partial charge in [0.05, 0.1) is 6.04 Å². The summed E-state index contributed by atoms with van der Waals surface area (Å²) in [6, 6.07) is 13.8. The van der Waals surface area contributed by atoms with Crippen LogP contribution in [0.25, 0.3) is 0 Å². The van der Waals surface area contributed by atoms with Gasteiger partial charge in [-0.2, -0.15) is 0 Å². The lowest BCUT2D eigenvalue weighted by molar-refractivity contribution is 0.0619. The first kappa shape index (κ1) is 15.6. The summed E-state index contributed by atoms with van der Waals surface area (Å²) in [7, 11) is 0. The van der Waals surface area contributed by atoms with E-state index in [1.54, 1.807) is 0 Å². The van der Waals surface area contributed by atoms with Crippen LogP contribution in [0.15, 0.2) is 42.5 Å². The quantitative estimate of drug-likeness (QED) is 0.896. The van der Waals surface area contributed by atoms with E-state index in [1.807, 2.05) is 56.3 Å². The molecular formula is C20H23NO2. The lowest BCUT2D eigenvalue weighted by atomic mass is 9.89. The first-order valence-electron chi connectivity index (χ1n) is 8.02. The number of amides is 1. The van der Waals surface area contributed by atoms with Crippen LogP contribution in [0.5, 0.6) is 5.75 Å². The largest absolute Gasteiger partial charge is 0.487 e. The highest BCUT2D eigenvalue weighted by Gasteiger charge is 2.34. The van der Waals surface area contributed by atoms with Gasteiger partial charge in [-0.1, -0.05) is 35.9 Å². The summed E-state index contributed by atoms with van der Waals surface area (Å²) < 4.78 is 6.02. The second-order valence-electron chi connectivity index (χ2n) is 6.95. The summed E-state index contributed by atoms with van der Waals surface area (Å²) in [6.07, 6.45) is 0.751. The average molecular weight is 309 g/mol. The minimum Gasteiger partial charge on any atom is -0.487 e. The number of nitrogens with one attached hydrogen (secondary N) is 1. The van der Waals surface area contributed by atoms with Crippen molar-refractivity contribution in [2.45, 2.75) is 45.8 Å². The molecule has 2 aromatic rings. The van der Waals surface area contributed by atoms with Crippen LogP contribution >= 0.6 is 0 Å². The summed E-state index contributed by atoms with van der Waals surface area (Å²) >= 11 is 0. The maximum atomic E-state index is 12.7. The molecule has 1 aliphatic rings. The van der Waals surface area contributed by atoms with Gasteiger partial charge in [0, 0.05) is 17.5 Å². The third kappa shape index (κ3) is 3.24. The summed E-state index contributed by atoms with van der Waals surface area (Å²) in [5.74, 6) is 0.828. The van der Waals surface area contributed by atoms with Crippen LogP contribution in [0, 0.1) is 13.8 Å². The number of benzene rings is 2. The molecule has 0 aliphatic carbocycles. The van der Waals surface area contributed by atoms with Gasteiger partial charge in [-0.15, -0.1) is 0 Å². The van der Waals surface area contributed by atoms with Crippen molar-refractivity contribution in [1.82, 2.24) is 5.32 Å². The molecule has 1 aliphatic heterocycles. The van der Waals surface area contributed by atoms with Gasteiger partial charge in [-0.25, -0.2) is 0 Å². The number of aryl methyl sites for hydroxylation is 2. The van der Waals surface area contributed by atoms with Gasteiger partial charge in [0.1, 0.15) is 11.4 Å². The number of ether oxygens (including phenoxy) is 1. The van der Waals surface area contributed by atoms with Crippen LogP contribution in [0.3, 0.4) is 0 Å². The molecule has 0 aromatic heterocycles. The summed E-state index contributed by atoms with van der Waals surface area (Å²) in [4.78, 5) is 12.7. The van der Waals surface area contributed by atoms with Crippen LogP contribution in [0.1, 0.15) is 53.4 Å². The Labute approximate surface area is 137 Å². The van der Waals surface area contributed by atoms with E-state index >= 15 is 0 Å². The van der Waals surface area contributed by atoms with Gasteiger partial charge in [-0.05, 0) is 45.4 Å². The van der Waals surface area contributed by atoms with E-state index in [0.717, 1.165) is 34.4 Å². The van der Waals surface area contributed by atoms with Crippen molar-refractivity contribution < 1.29 is 9.53 Å². The van der Waals surface area contributed by atoms with E-state index in [1.165, 1.54) is 0 Å². The third-order valence-electron chi connectivity index (χ3n) is 4.31. The Morgan fingerprint density at radius 1 is 1.17 bits per heavy atom. The Kier molecular flexibility index (Phi) is 3.88. The first-order valence-corrected chi connectivity index (χ1v) is 8.02. The zero-order valence-corrected chi connectivity index (χ0v) is 14.1. The smallest absolute Gasteiger partial charge is 0.252 e.